The summed E-state index contributed by atoms with van der Waals surface area (Å²) in [5.41, 5.74) is 1.40. The van der Waals surface area contributed by atoms with Crippen molar-refractivity contribution >= 4 is 21.4 Å². The van der Waals surface area contributed by atoms with E-state index in [2.05, 4.69) is 10.6 Å². The SMILES string of the molecule is COc1ccc(C(NCC(=O)Nc2ccc(S(=O)(=O)C(F)F)cc2)C2CC2)cc1. The summed E-state index contributed by atoms with van der Waals surface area (Å²) in [6.45, 7) is 0.0598. The van der Waals surface area contributed by atoms with E-state index in [1.165, 1.54) is 12.1 Å². The maximum absolute atomic E-state index is 12.6. The first-order chi connectivity index (χ1) is 13.8. The molecule has 9 heteroatoms. The number of anilines is 1. The monoisotopic (exact) mass is 424 g/mol. The minimum absolute atomic E-state index is 0.0465. The normalized spacial score (nSPS) is 15.2. The Bertz CT molecular complexity index is 943. The van der Waals surface area contributed by atoms with E-state index in [9.17, 15) is 22.0 Å². The van der Waals surface area contributed by atoms with Crippen LogP contribution in [0.15, 0.2) is 53.4 Å². The van der Waals surface area contributed by atoms with E-state index in [1.807, 2.05) is 24.3 Å². The zero-order valence-electron chi connectivity index (χ0n) is 15.8. The molecule has 0 radical (unpaired) electrons. The number of sulfone groups is 1. The second-order valence-corrected chi connectivity index (χ2v) is 8.77. The molecule has 29 heavy (non-hydrogen) atoms. The van der Waals surface area contributed by atoms with Crippen LogP contribution in [-0.2, 0) is 14.6 Å². The van der Waals surface area contributed by atoms with E-state index < -0.39 is 20.5 Å². The topological polar surface area (TPSA) is 84.5 Å². The highest BCUT2D eigenvalue weighted by atomic mass is 32.2. The van der Waals surface area contributed by atoms with Crippen molar-refractivity contribution in [2.45, 2.75) is 29.5 Å². The molecule has 0 aliphatic heterocycles. The number of nitrogens with one attached hydrogen (secondary N) is 2. The minimum atomic E-state index is -4.65. The third kappa shape index (κ3) is 5.30. The van der Waals surface area contributed by atoms with Gasteiger partial charge in [-0.15, -0.1) is 0 Å². The molecule has 0 spiro atoms. The fourth-order valence-corrected chi connectivity index (χ4v) is 3.76. The smallest absolute Gasteiger partial charge is 0.341 e. The molecule has 2 aromatic rings. The second kappa shape index (κ2) is 8.87. The Balaban J connectivity index is 1.58. The molecule has 6 nitrogen and oxygen atoms in total. The highest BCUT2D eigenvalue weighted by Gasteiger charge is 2.32. The Morgan fingerprint density at radius 3 is 2.24 bits per heavy atom. The summed E-state index contributed by atoms with van der Waals surface area (Å²) < 4.78 is 53.2. The van der Waals surface area contributed by atoms with Gasteiger partial charge in [0.05, 0.1) is 18.6 Å². The Morgan fingerprint density at radius 2 is 1.72 bits per heavy atom. The van der Waals surface area contributed by atoms with E-state index in [4.69, 9.17) is 4.74 Å². The molecule has 2 aromatic carbocycles. The van der Waals surface area contributed by atoms with Gasteiger partial charge in [-0.2, -0.15) is 8.78 Å². The molecule has 1 aliphatic carbocycles. The third-order valence-electron chi connectivity index (χ3n) is 4.75. The van der Waals surface area contributed by atoms with Crippen molar-refractivity contribution in [2.75, 3.05) is 19.0 Å². The van der Waals surface area contributed by atoms with Crippen LogP contribution in [0.2, 0.25) is 0 Å². The summed E-state index contributed by atoms with van der Waals surface area (Å²) in [5, 5.41) is 5.89. The van der Waals surface area contributed by atoms with Crippen molar-refractivity contribution in [1.82, 2.24) is 5.32 Å². The number of ether oxygens (including phenoxy) is 1. The summed E-state index contributed by atoms with van der Waals surface area (Å²) in [4.78, 5) is 11.8. The number of rotatable bonds is 9. The Labute approximate surface area is 168 Å². The average Bonchev–Trinajstić information content (AvgIpc) is 3.54. The van der Waals surface area contributed by atoms with Crippen LogP contribution in [0.1, 0.15) is 24.4 Å². The first-order valence-electron chi connectivity index (χ1n) is 9.10. The van der Waals surface area contributed by atoms with E-state index in [1.54, 1.807) is 7.11 Å². The summed E-state index contributed by atoms with van der Waals surface area (Å²) >= 11 is 0. The molecule has 1 aliphatic rings. The average molecular weight is 424 g/mol. The number of methoxy groups -OCH3 is 1. The molecule has 0 saturated heterocycles. The Kier molecular flexibility index (Phi) is 6.49. The summed E-state index contributed by atoms with van der Waals surface area (Å²) in [5.74, 6) is -2.56. The molecule has 1 saturated carbocycles. The number of amides is 1. The maximum Gasteiger partial charge on any atom is 0.341 e. The van der Waals surface area contributed by atoms with Crippen LogP contribution in [0.25, 0.3) is 0 Å². The van der Waals surface area contributed by atoms with E-state index in [0.717, 1.165) is 36.3 Å². The van der Waals surface area contributed by atoms with E-state index in [-0.39, 0.29) is 18.5 Å². The van der Waals surface area contributed by atoms with E-state index in [0.29, 0.717) is 11.6 Å². The zero-order chi connectivity index (χ0) is 21.0. The molecular weight excluding hydrogens is 402 g/mol. The molecule has 1 unspecified atom stereocenters. The van der Waals surface area contributed by atoms with Crippen LogP contribution in [0.3, 0.4) is 0 Å². The second-order valence-electron chi connectivity index (χ2n) is 6.85. The Hall–Kier alpha value is -2.52. The number of hydrogen-bond acceptors (Lipinski definition) is 5. The predicted octanol–water partition coefficient (Wildman–Crippen LogP) is 3.37. The van der Waals surface area contributed by atoms with Gasteiger partial charge in [0.1, 0.15) is 5.75 Å². The lowest BCUT2D eigenvalue weighted by Gasteiger charge is -2.19. The first-order valence-corrected chi connectivity index (χ1v) is 10.6. The third-order valence-corrected chi connectivity index (χ3v) is 6.15. The van der Waals surface area contributed by atoms with Crippen molar-refractivity contribution < 1.29 is 26.7 Å². The molecule has 0 bridgehead atoms. The van der Waals surface area contributed by atoms with Crippen molar-refractivity contribution in [2.24, 2.45) is 5.92 Å². The quantitative estimate of drug-likeness (QED) is 0.645. The van der Waals surface area contributed by atoms with Crippen LogP contribution in [0.5, 0.6) is 5.75 Å². The van der Waals surface area contributed by atoms with Crippen LogP contribution in [0, 0.1) is 5.92 Å². The van der Waals surface area contributed by atoms with Gasteiger partial charge < -0.3 is 15.4 Å². The van der Waals surface area contributed by atoms with Gasteiger partial charge >= 0.3 is 5.76 Å². The van der Waals surface area contributed by atoms with Gasteiger partial charge in [0.15, 0.2) is 0 Å². The van der Waals surface area contributed by atoms with Gasteiger partial charge in [-0.1, -0.05) is 12.1 Å². The largest absolute Gasteiger partial charge is 0.497 e. The van der Waals surface area contributed by atoms with Crippen molar-refractivity contribution in [3.8, 4) is 5.75 Å². The molecule has 0 heterocycles. The summed E-state index contributed by atoms with van der Waals surface area (Å²) in [6, 6.07) is 12.4. The van der Waals surface area contributed by atoms with Crippen LogP contribution in [0.4, 0.5) is 14.5 Å². The first kappa shape index (κ1) is 21.2. The highest BCUT2D eigenvalue weighted by Crippen LogP contribution is 2.41. The van der Waals surface area contributed by atoms with Gasteiger partial charge in [-0.05, 0) is 60.7 Å². The van der Waals surface area contributed by atoms with Crippen LogP contribution < -0.4 is 15.4 Å². The number of halogens is 2. The summed E-state index contributed by atoms with van der Waals surface area (Å²) in [7, 11) is -3.05. The zero-order valence-corrected chi connectivity index (χ0v) is 16.6. The van der Waals surface area contributed by atoms with Gasteiger partial charge in [-0.3, -0.25) is 4.79 Å². The number of hydrogen-bond donors (Lipinski definition) is 2. The minimum Gasteiger partial charge on any atom is -0.497 e. The molecule has 1 fully saturated rings. The molecule has 0 aromatic heterocycles. The molecule has 156 valence electrons. The van der Waals surface area contributed by atoms with Gasteiger partial charge in [-0.25, -0.2) is 8.42 Å². The Morgan fingerprint density at radius 1 is 1.10 bits per heavy atom. The van der Waals surface area contributed by atoms with Crippen LogP contribution in [-0.4, -0.2) is 33.7 Å². The predicted molar refractivity (Wildman–Crippen MR) is 105 cm³/mol. The number of carbonyl (C=O) groups is 1. The van der Waals surface area contributed by atoms with E-state index >= 15 is 0 Å². The van der Waals surface area contributed by atoms with Crippen molar-refractivity contribution in [3.05, 3.63) is 54.1 Å². The van der Waals surface area contributed by atoms with Gasteiger partial charge in [0.2, 0.25) is 15.7 Å². The maximum atomic E-state index is 12.6. The number of benzene rings is 2. The molecule has 1 amide bonds. The molecular formula is C20H22F2N2O4S. The standard InChI is InChI=1S/C20H22F2N2O4S/c1-28-16-8-4-14(5-9-16)19(13-2-3-13)23-12-18(25)24-15-6-10-17(11-7-15)29(26,27)20(21)22/h4-11,13,19-20,23H,2-3,12H2,1H3,(H,24,25). The summed E-state index contributed by atoms with van der Waals surface area (Å²) in [6.07, 6.45) is 2.18. The van der Waals surface area contributed by atoms with Crippen molar-refractivity contribution in [1.29, 1.82) is 0 Å². The van der Waals surface area contributed by atoms with Crippen molar-refractivity contribution in [3.63, 3.8) is 0 Å². The number of alkyl halides is 2. The highest BCUT2D eigenvalue weighted by molar-refractivity contribution is 7.91. The number of carbonyl (C=O) groups excluding carboxylic acids is 1. The van der Waals surface area contributed by atoms with Gasteiger partial charge in [0.25, 0.3) is 0 Å². The van der Waals surface area contributed by atoms with Crippen LogP contribution >= 0.6 is 0 Å². The molecule has 1 atom stereocenters. The lowest BCUT2D eigenvalue weighted by molar-refractivity contribution is -0.115. The fourth-order valence-electron chi connectivity index (χ4n) is 3.04. The lowest BCUT2D eigenvalue weighted by atomic mass is 10.0. The lowest BCUT2D eigenvalue weighted by Crippen LogP contribution is -2.32. The molecule has 2 N–H and O–H groups in total. The fraction of sp³-hybridized carbons (Fsp3) is 0.350. The molecule has 3 rings (SSSR count). The van der Waals surface area contributed by atoms with Gasteiger partial charge in [0, 0.05) is 11.7 Å².